The summed E-state index contributed by atoms with van der Waals surface area (Å²) in [7, 11) is -3.79. The smallest absolute Gasteiger partial charge is 0.296 e. The molecule has 3 aromatic rings. The normalized spacial score (nSPS) is 11.7. The number of oxazole rings is 1. The minimum absolute atomic E-state index is 0.0840. The first kappa shape index (κ1) is 18.8. The number of aryl methyl sites for hydroxylation is 2. The maximum absolute atomic E-state index is 12.2. The third kappa shape index (κ3) is 3.60. The van der Waals surface area contributed by atoms with E-state index in [0.717, 1.165) is 15.6 Å². The zero-order valence-electron chi connectivity index (χ0n) is 14.6. The maximum Gasteiger partial charge on any atom is 0.296 e. The van der Waals surface area contributed by atoms with Gasteiger partial charge in [0.05, 0.1) is 17.1 Å². The zero-order chi connectivity index (χ0) is 18.9. The number of hydrogen-bond donors (Lipinski definition) is 0. The fourth-order valence-corrected chi connectivity index (χ4v) is 4.03. The third-order valence-corrected chi connectivity index (χ3v) is 6.00. The molecule has 136 valence electrons. The summed E-state index contributed by atoms with van der Waals surface area (Å²) in [6, 6.07) is 12.5. The zero-order valence-corrected chi connectivity index (χ0v) is 17.0. The van der Waals surface area contributed by atoms with Crippen LogP contribution in [0.2, 0.25) is 0 Å². The van der Waals surface area contributed by atoms with E-state index in [4.69, 9.17) is 8.60 Å². The van der Waals surface area contributed by atoms with E-state index in [0.29, 0.717) is 22.9 Å². The topological polar surface area (TPSA) is 69.4 Å². The summed E-state index contributed by atoms with van der Waals surface area (Å²) < 4.78 is 36.0. The van der Waals surface area contributed by atoms with Crippen molar-refractivity contribution in [3.8, 4) is 22.7 Å². The molecule has 0 bridgehead atoms. The van der Waals surface area contributed by atoms with Gasteiger partial charge in [0.1, 0.15) is 11.5 Å². The summed E-state index contributed by atoms with van der Waals surface area (Å²) in [4.78, 5) is 4.71. The van der Waals surface area contributed by atoms with E-state index >= 15 is 0 Å². The molecule has 0 saturated carbocycles. The van der Waals surface area contributed by atoms with Crippen molar-refractivity contribution in [1.29, 1.82) is 0 Å². The number of aromatic nitrogens is 1. The van der Waals surface area contributed by atoms with E-state index in [1.54, 1.807) is 19.1 Å². The Morgan fingerprint density at radius 2 is 1.85 bits per heavy atom. The van der Waals surface area contributed by atoms with Crippen LogP contribution in [0.4, 0.5) is 0 Å². The summed E-state index contributed by atoms with van der Waals surface area (Å²) in [5, 5.41) is 0. The van der Waals surface area contributed by atoms with Gasteiger partial charge in [0.15, 0.2) is 0 Å². The van der Waals surface area contributed by atoms with Crippen LogP contribution in [0.25, 0.3) is 22.7 Å². The summed E-state index contributed by atoms with van der Waals surface area (Å²) in [6.45, 7) is 5.43. The van der Waals surface area contributed by atoms with Gasteiger partial charge in [-0.3, -0.25) is 4.18 Å². The van der Waals surface area contributed by atoms with Gasteiger partial charge in [0.25, 0.3) is 10.1 Å². The van der Waals surface area contributed by atoms with Crippen molar-refractivity contribution in [1.82, 2.24) is 4.98 Å². The molecule has 26 heavy (non-hydrogen) atoms. The van der Waals surface area contributed by atoms with Crippen LogP contribution in [0.3, 0.4) is 0 Å². The molecular formula is C19H18BrNO4S. The Hall–Kier alpha value is -1.96. The molecule has 0 fully saturated rings. The van der Waals surface area contributed by atoms with Crippen molar-refractivity contribution in [2.24, 2.45) is 0 Å². The second-order valence-corrected chi connectivity index (χ2v) is 8.21. The Bertz CT molecular complexity index is 1060. The van der Waals surface area contributed by atoms with Crippen molar-refractivity contribution in [2.45, 2.75) is 25.7 Å². The molecule has 0 radical (unpaired) electrons. The predicted octanol–water partition coefficient (Wildman–Crippen LogP) is 5.11. The Balaban J connectivity index is 2.12. The first-order chi connectivity index (χ1) is 12.3. The molecule has 1 heterocycles. The highest BCUT2D eigenvalue weighted by Gasteiger charge is 2.20. The fraction of sp³-hybridized carbons (Fsp3) is 0.211. The lowest BCUT2D eigenvalue weighted by Gasteiger charge is -2.08. The molecule has 0 atom stereocenters. The highest BCUT2D eigenvalue weighted by Crippen LogP contribution is 2.34. The van der Waals surface area contributed by atoms with Crippen molar-refractivity contribution >= 4 is 26.0 Å². The fourth-order valence-electron chi connectivity index (χ4n) is 2.63. The average molecular weight is 436 g/mol. The number of nitrogens with zero attached hydrogens (tertiary/aromatic N) is 1. The van der Waals surface area contributed by atoms with Gasteiger partial charge in [0.2, 0.25) is 5.89 Å². The molecule has 5 nitrogen and oxygen atoms in total. The van der Waals surface area contributed by atoms with E-state index in [9.17, 15) is 8.42 Å². The second kappa shape index (κ2) is 7.34. The lowest BCUT2D eigenvalue weighted by atomic mass is 10.1. The maximum atomic E-state index is 12.2. The largest absolute Gasteiger partial charge is 0.441 e. The van der Waals surface area contributed by atoms with E-state index in [-0.39, 0.29) is 11.5 Å². The van der Waals surface area contributed by atoms with Gasteiger partial charge in [0, 0.05) is 10.0 Å². The van der Waals surface area contributed by atoms with E-state index in [1.165, 1.54) is 6.07 Å². The van der Waals surface area contributed by atoms with E-state index < -0.39 is 10.1 Å². The van der Waals surface area contributed by atoms with Gasteiger partial charge in [-0.15, -0.1) is 0 Å². The highest BCUT2D eigenvalue weighted by atomic mass is 79.9. The number of rotatable bonds is 5. The Labute approximate surface area is 161 Å². The first-order valence-corrected chi connectivity index (χ1v) is 10.3. The molecule has 0 saturated heterocycles. The lowest BCUT2D eigenvalue weighted by molar-refractivity contribution is 0.338. The van der Waals surface area contributed by atoms with Gasteiger partial charge in [-0.1, -0.05) is 18.2 Å². The summed E-state index contributed by atoms with van der Waals surface area (Å²) in [5.74, 6) is 1.09. The van der Waals surface area contributed by atoms with E-state index in [1.807, 2.05) is 38.1 Å². The Morgan fingerprint density at radius 1 is 1.12 bits per heavy atom. The molecule has 0 aliphatic carbocycles. The Morgan fingerprint density at radius 3 is 2.54 bits per heavy atom. The number of benzene rings is 2. The molecule has 0 unspecified atom stereocenters. The molecular weight excluding hydrogens is 418 g/mol. The van der Waals surface area contributed by atoms with Crippen LogP contribution in [0.15, 0.2) is 56.2 Å². The van der Waals surface area contributed by atoms with Crippen molar-refractivity contribution < 1.29 is 17.0 Å². The molecule has 0 amide bonds. The van der Waals surface area contributed by atoms with Crippen LogP contribution in [0.5, 0.6) is 0 Å². The van der Waals surface area contributed by atoms with Crippen molar-refractivity contribution in [2.75, 3.05) is 6.61 Å². The van der Waals surface area contributed by atoms with Crippen LogP contribution in [-0.2, 0) is 14.3 Å². The lowest BCUT2D eigenvalue weighted by Crippen LogP contribution is -2.06. The van der Waals surface area contributed by atoms with E-state index in [2.05, 4.69) is 20.9 Å². The number of hydrogen-bond acceptors (Lipinski definition) is 5. The van der Waals surface area contributed by atoms with Crippen LogP contribution in [0, 0.1) is 13.8 Å². The van der Waals surface area contributed by atoms with Crippen LogP contribution >= 0.6 is 15.9 Å². The molecule has 3 rings (SSSR count). The molecule has 0 spiro atoms. The molecule has 0 aliphatic rings. The first-order valence-electron chi connectivity index (χ1n) is 8.06. The van der Waals surface area contributed by atoms with Crippen molar-refractivity contribution in [3.05, 3.63) is 58.3 Å². The van der Waals surface area contributed by atoms with Crippen molar-refractivity contribution in [3.63, 3.8) is 0 Å². The molecule has 2 aromatic carbocycles. The van der Waals surface area contributed by atoms with Gasteiger partial charge in [-0.2, -0.15) is 8.42 Å². The van der Waals surface area contributed by atoms with Crippen LogP contribution in [-0.4, -0.2) is 20.0 Å². The third-order valence-electron chi connectivity index (χ3n) is 3.93. The molecule has 0 aliphatic heterocycles. The molecule has 7 heteroatoms. The SMILES string of the molecule is CCOS(=O)(=O)c1ccc(C)c(-c2nc(-c3ccccc3Br)oc2C)c1. The summed E-state index contributed by atoms with van der Waals surface area (Å²) in [6.07, 6.45) is 0. The van der Waals surface area contributed by atoms with Gasteiger partial charge in [-0.05, 0) is 66.5 Å². The quantitative estimate of drug-likeness (QED) is 0.520. The molecule has 1 aromatic heterocycles. The second-order valence-electron chi connectivity index (χ2n) is 5.74. The minimum atomic E-state index is -3.79. The predicted molar refractivity (Wildman–Crippen MR) is 103 cm³/mol. The van der Waals surface area contributed by atoms with Crippen LogP contribution < -0.4 is 0 Å². The standard InChI is InChI=1S/C19H18BrNO4S/c1-4-24-26(22,23)14-10-9-12(2)16(11-14)18-13(3)25-19(21-18)15-7-5-6-8-17(15)20/h5-11H,4H2,1-3H3. The monoisotopic (exact) mass is 435 g/mol. The van der Waals surface area contributed by atoms with Gasteiger partial charge >= 0.3 is 0 Å². The van der Waals surface area contributed by atoms with Gasteiger partial charge in [-0.25, -0.2) is 4.98 Å². The number of halogens is 1. The summed E-state index contributed by atoms with van der Waals surface area (Å²) >= 11 is 3.50. The molecule has 0 N–H and O–H groups in total. The minimum Gasteiger partial charge on any atom is -0.441 e. The van der Waals surface area contributed by atoms with Crippen LogP contribution in [0.1, 0.15) is 18.2 Å². The Kier molecular flexibility index (Phi) is 5.32. The highest BCUT2D eigenvalue weighted by molar-refractivity contribution is 9.10. The van der Waals surface area contributed by atoms with Gasteiger partial charge < -0.3 is 4.42 Å². The summed E-state index contributed by atoms with van der Waals surface area (Å²) in [5.41, 5.74) is 3.04. The average Bonchev–Trinajstić information content (AvgIpc) is 2.97.